The number of ether oxygens (including phenoxy) is 1. The zero-order chi connectivity index (χ0) is 16.4. The van der Waals surface area contributed by atoms with Gasteiger partial charge in [0.25, 0.3) is 5.91 Å². The van der Waals surface area contributed by atoms with Crippen molar-refractivity contribution in [1.29, 1.82) is 0 Å². The number of amides is 1. The number of fused-ring (bicyclic) bond motifs is 1. The van der Waals surface area contributed by atoms with E-state index in [1.807, 2.05) is 34.0 Å². The molecule has 2 saturated heterocycles. The van der Waals surface area contributed by atoms with Gasteiger partial charge in [0.2, 0.25) is 0 Å². The van der Waals surface area contributed by atoms with Gasteiger partial charge in [-0.25, -0.2) is 0 Å². The van der Waals surface area contributed by atoms with Crippen molar-refractivity contribution < 1.29 is 9.53 Å². The third-order valence-corrected chi connectivity index (χ3v) is 5.51. The second kappa shape index (κ2) is 7.01. The maximum atomic E-state index is 12.8. The van der Waals surface area contributed by atoms with Crippen molar-refractivity contribution in [3.05, 3.63) is 52.5 Å². The van der Waals surface area contributed by atoms with Crippen molar-refractivity contribution in [3.8, 4) is 0 Å². The van der Waals surface area contributed by atoms with Gasteiger partial charge < -0.3 is 9.64 Å². The van der Waals surface area contributed by atoms with Gasteiger partial charge in [0, 0.05) is 44.0 Å². The molecule has 1 amide bonds. The van der Waals surface area contributed by atoms with Crippen LogP contribution in [-0.4, -0.2) is 59.1 Å². The summed E-state index contributed by atoms with van der Waals surface area (Å²) in [6.07, 6.45) is 4.84. The molecule has 0 radical (unpaired) electrons. The molecule has 2 atom stereocenters. The van der Waals surface area contributed by atoms with Gasteiger partial charge in [0.15, 0.2) is 0 Å². The molecule has 4 rings (SSSR count). The molecule has 0 unspecified atom stereocenters. The minimum absolute atomic E-state index is 0.136. The Kier molecular flexibility index (Phi) is 4.60. The van der Waals surface area contributed by atoms with Gasteiger partial charge >= 0.3 is 0 Å². The molecule has 2 aromatic heterocycles. The summed E-state index contributed by atoms with van der Waals surface area (Å²) in [6, 6.07) is 6.12. The van der Waals surface area contributed by atoms with Crippen molar-refractivity contribution in [1.82, 2.24) is 14.8 Å². The molecule has 0 aliphatic carbocycles. The smallest absolute Gasteiger partial charge is 0.255 e. The van der Waals surface area contributed by atoms with Crippen LogP contribution in [0.5, 0.6) is 0 Å². The zero-order valence-electron chi connectivity index (χ0n) is 13.5. The number of carbonyl (C=O) groups excluding carboxylic acids is 1. The molecule has 5 nitrogen and oxygen atoms in total. The fraction of sp³-hybridized carbons (Fsp3) is 0.444. The van der Waals surface area contributed by atoms with Crippen LogP contribution < -0.4 is 0 Å². The van der Waals surface area contributed by atoms with Crippen LogP contribution in [0.25, 0.3) is 0 Å². The maximum absolute atomic E-state index is 12.8. The summed E-state index contributed by atoms with van der Waals surface area (Å²) in [5, 5.41) is 3.89. The number of hydrogen-bond donors (Lipinski definition) is 0. The van der Waals surface area contributed by atoms with Crippen molar-refractivity contribution in [2.75, 3.05) is 26.2 Å². The Bertz CT molecular complexity index is 677. The fourth-order valence-corrected chi connectivity index (χ4v) is 4.26. The number of piperidine rings is 1. The lowest BCUT2D eigenvalue weighted by molar-refractivity contribution is -0.0914. The van der Waals surface area contributed by atoms with E-state index in [4.69, 9.17) is 4.74 Å². The summed E-state index contributed by atoms with van der Waals surface area (Å²) in [6.45, 7) is 4.04. The molecule has 126 valence electrons. The van der Waals surface area contributed by atoms with E-state index < -0.39 is 0 Å². The van der Waals surface area contributed by atoms with Crippen LogP contribution in [0.1, 0.15) is 22.3 Å². The first kappa shape index (κ1) is 15.7. The lowest BCUT2D eigenvalue weighted by atomic mass is 9.97. The van der Waals surface area contributed by atoms with Crippen molar-refractivity contribution >= 4 is 17.2 Å². The largest absolute Gasteiger partial charge is 0.374 e. The second-order valence-corrected chi connectivity index (χ2v) is 7.15. The summed E-state index contributed by atoms with van der Waals surface area (Å²) < 4.78 is 5.95. The van der Waals surface area contributed by atoms with Gasteiger partial charge in [-0.2, -0.15) is 11.3 Å². The van der Waals surface area contributed by atoms with Crippen molar-refractivity contribution in [2.45, 2.75) is 25.1 Å². The molecule has 0 spiro atoms. The van der Waals surface area contributed by atoms with Crippen LogP contribution in [-0.2, 0) is 11.3 Å². The number of morpholine rings is 1. The molecule has 24 heavy (non-hydrogen) atoms. The highest BCUT2D eigenvalue weighted by molar-refractivity contribution is 7.08. The van der Waals surface area contributed by atoms with E-state index in [-0.39, 0.29) is 18.1 Å². The lowest BCUT2D eigenvalue weighted by Crippen LogP contribution is -2.61. The molecule has 0 N–H and O–H groups in total. The number of hydrogen-bond acceptors (Lipinski definition) is 5. The first-order chi connectivity index (χ1) is 11.8. The second-order valence-electron chi connectivity index (χ2n) is 6.37. The van der Waals surface area contributed by atoms with Crippen LogP contribution in [0.3, 0.4) is 0 Å². The Morgan fingerprint density at radius 1 is 1.38 bits per heavy atom. The first-order valence-electron chi connectivity index (χ1n) is 8.37. The van der Waals surface area contributed by atoms with E-state index >= 15 is 0 Å². The van der Waals surface area contributed by atoms with Gasteiger partial charge in [0.1, 0.15) is 0 Å². The summed E-state index contributed by atoms with van der Waals surface area (Å²) >= 11 is 1.57. The number of pyridine rings is 1. The van der Waals surface area contributed by atoms with Crippen LogP contribution >= 0.6 is 11.3 Å². The van der Waals surface area contributed by atoms with E-state index in [1.165, 1.54) is 5.56 Å². The molecule has 2 aromatic rings. The van der Waals surface area contributed by atoms with E-state index in [1.54, 1.807) is 17.5 Å². The molecule has 4 heterocycles. The van der Waals surface area contributed by atoms with Gasteiger partial charge in [-0.05, 0) is 29.5 Å². The molecule has 2 aliphatic heterocycles. The lowest BCUT2D eigenvalue weighted by Gasteiger charge is -2.47. The standard InChI is InChI=1S/C18H21N3O2S/c22-18(15-4-9-24-13-15)21-7-8-23-17-3-6-20(12-16(17)21)11-14-2-1-5-19-10-14/h1-2,4-5,9-10,13,16-17H,3,6-8,11-12H2/t16-,17-/m0/s1. The normalized spacial score (nSPS) is 24.6. The number of aromatic nitrogens is 1. The van der Waals surface area contributed by atoms with Gasteiger partial charge in [-0.3, -0.25) is 14.7 Å². The molecular weight excluding hydrogens is 322 g/mol. The summed E-state index contributed by atoms with van der Waals surface area (Å²) in [5.74, 6) is 0.137. The Labute approximate surface area is 145 Å². The third kappa shape index (κ3) is 3.22. The molecule has 6 heteroatoms. The first-order valence-corrected chi connectivity index (χ1v) is 9.31. The highest BCUT2D eigenvalue weighted by Crippen LogP contribution is 2.26. The quantitative estimate of drug-likeness (QED) is 0.858. The molecule has 0 aromatic carbocycles. The van der Waals surface area contributed by atoms with E-state index in [0.717, 1.165) is 31.6 Å². The van der Waals surface area contributed by atoms with Crippen LogP contribution in [0.2, 0.25) is 0 Å². The monoisotopic (exact) mass is 343 g/mol. The van der Waals surface area contributed by atoms with Gasteiger partial charge in [-0.15, -0.1) is 0 Å². The fourth-order valence-electron chi connectivity index (χ4n) is 3.64. The van der Waals surface area contributed by atoms with E-state index in [2.05, 4.69) is 16.0 Å². The molecule has 0 saturated carbocycles. The highest BCUT2D eigenvalue weighted by Gasteiger charge is 2.39. The van der Waals surface area contributed by atoms with Gasteiger partial charge in [-0.1, -0.05) is 6.07 Å². The summed E-state index contributed by atoms with van der Waals surface area (Å²) in [4.78, 5) is 21.4. The Morgan fingerprint density at radius 3 is 3.12 bits per heavy atom. The average molecular weight is 343 g/mol. The summed E-state index contributed by atoms with van der Waals surface area (Å²) in [7, 11) is 0. The molecule has 2 fully saturated rings. The summed E-state index contributed by atoms with van der Waals surface area (Å²) in [5.41, 5.74) is 2.01. The number of thiophene rings is 1. The predicted octanol–water partition coefficient (Wildman–Crippen LogP) is 2.26. The Hall–Kier alpha value is -1.76. The minimum Gasteiger partial charge on any atom is -0.374 e. The van der Waals surface area contributed by atoms with Crippen molar-refractivity contribution in [2.24, 2.45) is 0 Å². The topological polar surface area (TPSA) is 45.7 Å². The van der Waals surface area contributed by atoms with Gasteiger partial charge in [0.05, 0.1) is 24.3 Å². The Morgan fingerprint density at radius 2 is 2.33 bits per heavy atom. The number of carbonyl (C=O) groups is 1. The number of nitrogens with zero attached hydrogens (tertiary/aromatic N) is 3. The minimum atomic E-state index is 0.136. The zero-order valence-corrected chi connectivity index (χ0v) is 14.3. The maximum Gasteiger partial charge on any atom is 0.255 e. The van der Waals surface area contributed by atoms with E-state index in [0.29, 0.717) is 13.2 Å². The Balaban J connectivity index is 1.48. The highest BCUT2D eigenvalue weighted by atomic mass is 32.1. The predicted molar refractivity (Wildman–Crippen MR) is 93.0 cm³/mol. The molecular formula is C18H21N3O2S. The van der Waals surface area contributed by atoms with Crippen LogP contribution in [0.15, 0.2) is 41.4 Å². The van der Waals surface area contributed by atoms with Crippen molar-refractivity contribution in [3.63, 3.8) is 0 Å². The third-order valence-electron chi connectivity index (χ3n) is 4.83. The van der Waals surface area contributed by atoms with Crippen LogP contribution in [0.4, 0.5) is 0 Å². The van der Waals surface area contributed by atoms with E-state index in [9.17, 15) is 4.79 Å². The SMILES string of the molecule is O=C(c1ccsc1)N1CCO[C@H]2CCN(Cc3cccnc3)C[C@@H]21. The molecule has 0 bridgehead atoms. The number of rotatable bonds is 3. The van der Waals surface area contributed by atoms with Crippen LogP contribution in [0, 0.1) is 0 Å². The molecule has 2 aliphatic rings. The number of likely N-dealkylation sites (tertiary alicyclic amines) is 1. The average Bonchev–Trinajstić information content (AvgIpc) is 3.16.